The zero-order valence-corrected chi connectivity index (χ0v) is 13.5. The fourth-order valence-corrected chi connectivity index (χ4v) is 2.28. The molecule has 1 aliphatic heterocycles. The third kappa shape index (κ3) is 3.01. The van der Waals surface area contributed by atoms with Crippen molar-refractivity contribution in [3.8, 4) is 5.75 Å². The summed E-state index contributed by atoms with van der Waals surface area (Å²) < 4.78 is 10.6. The first-order valence-electron chi connectivity index (χ1n) is 6.63. The molecule has 0 aromatic heterocycles. The second-order valence-electron chi connectivity index (χ2n) is 5.04. The van der Waals surface area contributed by atoms with E-state index in [1.807, 2.05) is 0 Å². The van der Waals surface area contributed by atoms with Crippen molar-refractivity contribution in [1.29, 1.82) is 0 Å². The number of nitrogens with zero attached hydrogens (tertiary/aromatic N) is 1. The van der Waals surface area contributed by atoms with E-state index < -0.39 is 12.1 Å². The molecule has 118 valence electrons. The Morgan fingerprint density at radius 3 is 2.64 bits per heavy atom. The van der Waals surface area contributed by atoms with Crippen LogP contribution >= 0.6 is 11.6 Å². The Morgan fingerprint density at radius 1 is 1.36 bits per heavy atom. The summed E-state index contributed by atoms with van der Waals surface area (Å²) in [4.78, 5) is 25.3. The third-order valence-corrected chi connectivity index (χ3v) is 3.44. The second kappa shape index (κ2) is 6.27. The van der Waals surface area contributed by atoms with Crippen LogP contribution in [-0.4, -0.2) is 44.1 Å². The van der Waals surface area contributed by atoms with Crippen LogP contribution in [0.5, 0.6) is 5.75 Å². The highest BCUT2D eigenvalue weighted by Gasteiger charge is 2.34. The van der Waals surface area contributed by atoms with E-state index in [1.165, 1.54) is 12.0 Å². The van der Waals surface area contributed by atoms with Crippen molar-refractivity contribution in [2.24, 2.45) is 0 Å². The minimum absolute atomic E-state index is 0.268. The standard InChI is InChI=1S/C15H17ClN2O4/c1-8-13(22-15(20)18(2)3)12(14(19)17-8)10-6-5-9(16)7-11(10)21-4/h5-8H,1-4H3,(H,17,19). The quantitative estimate of drug-likeness (QED) is 0.926. The number of rotatable bonds is 3. The summed E-state index contributed by atoms with van der Waals surface area (Å²) in [6, 6.07) is 4.50. The minimum Gasteiger partial charge on any atom is -0.496 e. The monoisotopic (exact) mass is 324 g/mol. The first-order chi connectivity index (χ1) is 10.3. The Labute approximate surface area is 133 Å². The maximum atomic E-state index is 12.2. The number of amides is 2. The minimum atomic E-state index is -0.552. The van der Waals surface area contributed by atoms with Gasteiger partial charge in [-0.05, 0) is 25.1 Å². The number of benzene rings is 1. The molecule has 1 atom stereocenters. The number of hydrogen-bond donors (Lipinski definition) is 1. The lowest BCUT2D eigenvalue weighted by Gasteiger charge is -2.15. The highest BCUT2D eigenvalue weighted by molar-refractivity contribution is 6.31. The maximum Gasteiger partial charge on any atom is 0.414 e. The summed E-state index contributed by atoms with van der Waals surface area (Å²) in [5.74, 6) is 0.379. The van der Waals surface area contributed by atoms with Crippen LogP contribution < -0.4 is 10.1 Å². The van der Waals surface area contributed by atoms with Crippen LogP contribution in [0.4, 0.5) is 4.79 Å². The molecule has 0 fully saturated rings. The lowest BCUT2D eigenvalue weighted by molar-refractivity contribution is -0.115. The van der Waals surface area contributed by atoms with Gasteiger partial charge in [0.05, 0.1) is 18.7 Å². The second-order valence-corrected chi connectivity index (χ2v) is 5.48. The fraction of sp³-hybridized carbons (Fsp3) is 0.333. The molecule has 22 heavy (non-hydrogen) atoms. The lowest BCUT2D eigenvalue weighted by atomic mass is 10.0. The zero-order chi connectivity index (χ0) is 16.4. The predicted molar refractivity (Wildman–Crippen MR) is 82.7 cm³/mol. The van der Waals surface area contributed by atoms with E-state index in [-0.39, 0.29) is 17.2 Å². The van der Waals surface area contributed by atoms with Gasteiger partial charge in [-0.1, -0.05) is 11.6 Å². The summed E-state index contributed by atoms with van der Waals surface area (Å²) in [7, 11) is 4.62. The van der Waals surface area contributed by atoms with Crippen LogP contribution in [0.15, 0.2) is 24.0 Å². The largest absolute Gasteiger partial charge is 0.496 e. The molecule has 1 unspecified atom stereocenters. The van der Waals surface area contributed by atoms with Gasteiger partial charge in [-0.3, -0.25) is 4.79 Å². The van der Waals surface area contributed by atoms with Crippen molar-refractivity contribution in [3.05, 3.63) is 34.5 Å². The van der Waals surface area contributed by atoms with Crippen molar-refractivity contribution in [2.75, 3.05) is 21.2 Å². The first kappa shape index (κ1) is 16.2. The van der Waals surface area contributed by atoms with Crippen molar-refractivity contribution in [3.63, 3.8) is 0 Å². The zero-order valence-electron chi connectivity index (χ0n) is 12.8. The van der Waals surface area contributed by atoms with Gasteiger partial charge >= 0.3 is 6.09 Å². The summed E-state index contributed by atoms with van der Waals surface area (Å²) in [6.45, 7) is 1.74. The van der Waals surface area contributed by atoms with Gasteiger partial charge in [0.15, 0.2) is 0 Å². The van der Waals surface area contributed by atoms with E-state index in [9.17, 15) is 9.59 Å². The average Bonchev–Trinajstić information content (AvgIpc) is 2.73. The van der Waals surface area contributed by atoms with Gasteiger partial charge in [0.25, 0.3) is 5.91 Å². The Bertz CT molecular complexity index is 655. The first-order valence-corrected chi connectivity index (χ1v) is 7.01. The molecule has 0 saturated heterocycles. The van der Waals surface area contributed by atoms with Gasteiger partial charge < -0.3 is 19.7 Å². The van der Waals surface area contributed by atoms with E-state index in [2.05, 4.69) is 5.32 Å². The number of hydrogen-bond acceptors (Lipinski definition) is 4. The summed E-state index contributed by atoms with van der Waals surface area (Å²) in [5.41, 5.74) is 0.798. The van der Waals surface area contributed by atoms with E-state index in [4.69, 9.17) is 21.1 Å². The maximum absolute atomic E-state index is 12.2. The number of methoxy groups -OCH3 is 1. The van der Waals surface area contributed by atoms with Crippen LogP contribution in [0.3, 0.4) is 0 Å². The number of nitrogens with one attached hydrogen (secondary N) is 1. The molecule has 1 heterocycles. The predicted octanol–water partition coefficient (Wildman–Crippen LogP) is 2.28. The highest BCUT2D eigenvalue weighted by Crippen LogP contribution is 2.35. The third-order valence-electron chi connectivity index (χ3n) is 3.21. The molecular formula is C15H17ClN2O4. The van der Waals surface area contributed by atoms with Gasteiger partial charge in [-0.15, -0.1) is 0 Å². The number of halogens is 1. The molecule has 2 amide bonds. The molecule has 1 aromatic rings. The van der Waals surface area contributed by atoms with Crippen molar-refractivity contribution in [1.82, 2.24) is 10.2 Å². The van der Waals surface area contributed by atoms with E-state index in [1.54, 1.807) is 39.2 Å². The topological polar surface area (TPSA) is 67.9 Å². The molecule has 0 saturated carbocycles. The molecule has 1 aliphatic rings. The van der Waals surface area contributed by atoms with Gasteiger partial charge in [0.2, 0.25) is 0 Å². The van der Waals surface area contributed by atoms with Crippen LogP contribution in [0.2, 0.25) is 5.02 Å². The van der Waals surface area contributed by atoms with Gasteiger partial charge in [-0.25, -0.2) is 4.79 Å². The van der Waals surface area contributed by atoms with Crippen molar-refractivity contribution >= 4 is 29.2 Å². The molecule has 0 spiro atoms. The van der Waals surface area contributed by atoms with Crippen LogP contribution in [0.25, 0.3) is 5.57 Å². The van der Waals surface area contributed by atoms with Crippen molar-refractivity contribution < 1.29 is 19.1 Å². The molecule has 1 aromatic carbocycles. The smallest absolute Gasteiger partial charge is 0.414 e. The van der Waals surface area contributed by atoms with E-state index in [0.29, 0.717) is 16.3 Å². The Hall–Kier alpha value is -2.21. The molecule has 0 aliphatic carbocycles. The molecular weight excluding hydrogens is 308 g/mol. The summed E-state index contributed by atoms with van der Waals surface area (Å²) in [6.07, 6.45) is -0.552. The Morgan fingerprint density at radius 2 is 2.05 bits per heavy atom. The van der Waals surface area contributed by atoms with Crippen molar-refractivity contribution in [2.45, 2.75) is 13.0 Å². The van der Waals surface area contributed by atoms with Gasteiger partial charge in [-0.2, -0.15) is 0 Å². The molecule has 0 bridgehead atoms. The fourth-order valence-electron chi connectivity index (χ4n) is 2.11. The van der Waals surface area contributed by atoms with E-state index >= 15 is 0 Å². The molecule has 1 N–H and O–H groups in total. The Balaban J connectivity index is 2.54. The average molecular weight is 325 g/mol. The molecule has 0 radical (unpaired) electrons. The Kier molecular flexibility index (Phi) is 4.61. The number of carbonyl (C=O) groups excluding carboxylic acids is 2. The normalized spacial score (nSPS) is 17.3. The molecule has 2 rings (SSSR count). The van der Waals surface area contributed by atoms with Crippen LogP contribution in [0, 0.1) is 0 Å². The highest BCUT2D eigenvalue weighted by atomic mass is 35.5. The van der Waals surface area contributed by atoms with Gasteiger partial charge in [0.1, 0.15) is 11.5 Å². The molecule has 6 nitrogen and oxygen atoms in total. The summed E-state index contributed by atoms with van der Waals surface area (Å²) in [5, 5.41) is 3.21. The van der Waals surface area contributed by atoms with Crippen LogP contribution in [-0.2, 0) is 9.53 Å². The lowest BCUT2D eigenvalue weighted by Crippen LogP contribution is -2.29. The van der Waals surface area contributed by atoms with Gasteiger partial charge in [0, 0.05) is 24.7 Å². The van der Waals surface area contributed by atoms with E-state index in [0.717, 1.165) is 0 Å². The number of ether oxygens (including phenoxy) is 2. The SMILES string of the molecule is COc1cc(Cl)ccc1C1=C(OC(=O)N(C)C)C(C)NC1=O. The summed E-state index contributed by atoms with van der Waals surface area (Å²) >= 11 is 5.94. The number of carbonyl (C=O) groups is 2. The van der Waals surface area contributed by atoms with Crippen LogP contribution in [0.1, 0.15) is 12.5 Å². The molecule has 7 heteroatoms.